The number of hydrogen-bond donors (Lipinski definition) is 1. The van der Waals surface area contributed by atoms with Crippen LogP contribution in [0.4, 0.5) is 0 Å². The fourth-order valence-electron chi connectivity index (χ4n) is 2.05. The summed E-state index contributed by atoms with van der Waals surface area (Å²) in [6.45, 7) is 5.54. The maximum Gasteiger partial charge on any atom is 0.214 e. The van der Waals surface area contributed by atoms with Crippen LogP contribution in [0.3, 0.4) is 0 Å². The molecule has 6 heteroatoms. The van der Waals surface area contributed by atoms with Crippen LogP contribution in [0.1, 0.15) is 33.1 Å². The highest BCUT2D eigenvalue weighted by molar-refractivity contribution is 7.99. The Labute approximate surface area is 130 Å². The van der Waals surface area contributed by atoms with Crippen molar-refractivity contribution in [1.29, 1.82) is 0 Å². The second kappa shape index (κ2) is 8.79. The Morgan fingerprint density at radius 2 is 2.10 bits per heavy atom. The van der Waals surface area contributed by atoms with Gasteiger partial charge in [-0.2, -0.15) is 4.68 Å². The molecule has 21 heavy (non-hydrogen) atoms. The first-order valence-electron chi connectivity index (χ1n) is 7.51. The predicted octanol–water partition coefficient (Wildman–Crippen LogP) is 2.92. The van der Waals surface area contributed by atoms with Crippen LogP contribution in [0.2, 0.25) is 0 Å². The Balaban J connectivity index is 1.78. The summed E-state index contributed by atoms with van der Waals surface area (Å²) in [5.74, 6) is 1.03. The summed E-state index contributed by atoms with van der Waals surface area (Å²) in [7, 11) is 0. The standard InChI is InChI=1S/C15H23N5S/c1-3-11-16-13(2)8-7-12-21-15-17-18-19-20(15)14-9-5-4-6-10-14/h4-6,9-10,13,16H,3,7-8,11-12H2,1-2H3. The van der Waals surface area contributed by atoms with Gasteiger partial charge in [-0.1, -0.05) is 36.9 Å². The smallest absolute Gasteiger partial charge is 0.214 e. The summed E-state index contributed by atoms with van der Waals surface area (Å²) in [6, 6.07) is 10.6. The van der Waals surface area contributed by atoms with E-state index in [9.17, 15) is 0 Å². The summed E-state index contributed by atoms with van der Waals surface area (Å²) in [5, 5.41) is 16.3. The molecular weight excluding hydrogens is 282 g/mol. The van der Waals surface area contributed by atoms with Gasteiger partial charge in [-0.25, -0.2) is 0 Å². The van der Waals surface area contributed by atoms with Crippen molar-refractivity contribution in [2.24, 2.45) is 0 Å². The lowest BCUT2D eigenvalue weighted by Gasteiger charge is -2.12. The maximum atomic E-state index is 4.11. The second-order valence-electron chi connectivity index (χ2n) is 5.05. The van der Waals surface area contributed by atoms with Crippen molar-refractivity contribution in [3.05, 3.63) is 30.3 Å². The monoisotopic (exact) mass is 305 g/mol. The van der Waals surface area contributed by atoms with Crippen LogP contribution < -0.4 is 5.32 Å². The minimum Gasteiger partial charge on any atom is -0.314 e. The topological polar surface area (TPSA) is 55.6 Å². The number of benzene rings is 1. The van der Waals surface area contributed by atoms with Gasteiger partial charge in [0.05, 0.1) is 5.69 Å². The van der Waals surface area contributed by atoms with Crippen molar-refractivity contribution in [1.82, 2.24) is 25.5 Å². The number of aromatic nitrogens is 4. The average Bonchev–Trinajstić information content (AvgIpc) is 2.99. The van der Waals surface area contributed by atoms with Gasteiger partial charge in [0.25, 0.3) is 0 Å². The normalized spacial score (nSPS) is 12.5. The molecule has 1 heterocycles. The van der Waals surface area contributed by atoms with Gasteiger partial charge >= 0.3 is 0 Å². The number of rotatable bonds is 9. The first kappa shape index (κ1) is 16.0. The lowest BCUT2D eigenvalue weighted by Crippen LogP contribution is -2.26. The lowest BCUT2D eigenvalue weighted by atomic mass is 10.2. The van der Waals surface area contributed by atoms with Crippen molar-refractivity contribution in [3.8, 4) is 5.69 Å². The zero-order chi connectivity index (χ0) is 14.9. The van der Waals surface area contributed by atoms with E-state index in [0.29, 0.717) is 6.04 Å². The first-order valence-corrected chi connectivity index (χ1v) is 8.49. The minimum absolute atomic E-state index is 0.579. The SMILES string of the molecule is CCCNC(C)CCCSc1nnnn1-c1ccccc1. The van der Waals surface area contributed by atoms with Gasteiger partial charge in [-0.3, -0.25) is 0 Å². The minimum atomic E-state index is 0.579. The maximum absolute atomic E-state index is 4.11. The van der Waals surface area contributed by atoms with Gasteiger partial charge in [-0.15, -0.1) is 5.10 Å². The Kier molecular flexibility index (Phi) is 6.69. The largest absolute Gasteiger partial charge is 0.314 e. The summed E-state index contributed by atoms with van der Waals surface area (Å²) >= 11 is 1.71. The van der Waals surface area contributed by atoms with Crippen LogP contribution in [0, 0.1) is 0 Å². The molecule has 1 N–H and O–H groups in total. The third-order valence-corrected chi connectivity index (χ3v) is 4.20. The highest BCUT2D eigenvalue weighted by Crippen LogP contribution is 2.19. The molecule has 0 fully saturated rings. The van der Waals surface area contributed by atoms with Crippen LogP contribution in [0.25, 0.3) is 5.69 Å². The molecule has 0 saturated heterocycles. The van der Waals surface area contributed by atoms with E-state index in [-0.39, 0.29) is 0 Å². The van der Waals surface area contributed by atoms with E-state index in [4.69, 9.17) is 0 Å². The molecule has 1 aromatic heterocycles. The molecule has 2 aromatic rings. The van der Waals surface area contributed by atoms with Crippen molar-refractivity contribution in [2.75, 3.05) is 12.3 Å². The molecule has 0 radical (unpaired) electrons. The van der Waals surface area contributed by atoms with E-state index in [1.165, 1.54) is 12.8 Å². The molecule has 2 rings (SSSR count). The molecule has 0 amide bonds. The van der Waals surface area contributed by atoms with Crippen LogP contribution >= 0.6 is 11.8 Å². The Bertz CT molecular complexity index is 514. The highest BCUT2D eigenvalue weighted by atomic mass is 32.2. The van der Waals surface area contributed by atoms with Crippen LogP contribution in [-0.2, 0) is 0 Å². The molecule has 0 aliphatic carbocycles. The molecular formula is C15H23N5S. The first-order chi connectivity index (χ1) is 10.3. The van der Waals surface area contributed by atoms with Gasteiger partial charge in [0.2, 0.25) is 5.16 Å². The van der Waals surface area contributed by atoms with E-state index in [0.717, 1.165) is 29.6 Å². The summed E-state index contributed by atoms with van der Waals surface area (Å²) in [6.07, 6.45) is 3.52. The molecule has 1 atom stereocenters. The summed E-state index contributed by atoms with van der Waals surface area (Å²) < 4.78 is 1.80. The lowest BCUT2D eigenvalue weighted by molar-refractivity contribution is 0.510. The van der Waals surface area contributed by atoms with Gasteiger partial charge in [0.1, 0.15) is 0 Å². The van der Waals surface area contributed by atoms with Crippen molar-refractivity contribution in [3.63, 3.8) is 0 Å². The number of tetrazole rings is 1. The van der Waals surface area contributed by atoms with E-state index >= 15 is 0 Å². The van der Waals surface area contributed by atoms with E-state index < -0.39 is 0 Å². The molecule has 0 saturated carbocycles. The fourth-order valence-corrected chi connectivity index (χ4v) is 2.90. The Morgan fingerprint density at radius 3 is 2.86 bits per heavy atom. The Hall–Kier alpha value is -1.40. The number of para-hydroxylation sites is 1. The third kappa shape index (κ3) is 5.13. The summed E-state index contributed by atoms with van der Waals surface area (Å²) in [4.78, 5) is 0. The molecule has 0 aliphatic heterocycles. The molecule has 5 nitrogen and oxygen atoms in total. The molecule has 1 aromatic carbocycles. The highest BCUT2D eigenvalue weighted by Gasteiger charge is 2.08. The molecule has 1 unspecified atom stereocenters. The number of hydrogen-bond acceptors (Lipinski definition) is 5. The van der Waals surface area contributed by atoms with Gasteiger partial charge in [-0.05, 0) is 55.3 Å². The van der Waals surface area contributed by atoms with E-state index in [2.05, 4.69) is 34.7 Å². The fraction of sp³-hybridized carbons (Fsp3) is 0.533. The van der Waals surface area contributed by atoms with Gasteiger partial charge in [0.15, 0.2) is 0 Å². The average molecular weight is 305 g/mol. The number of nitrogens with one attached hydrogen (secondary N) is 1. The summed E-state index contributed by atoms with van der Waals surface area (Å²) in [5.41, 5.74) is 1.00. The molecule has 0 bridgehead atoms. The van der Waals surface area contributed by atoms with Crippen molar-refractivity contribution < 1.29 is 0 Å². The van der Waals surface area contributed by atoms with Crippen LogP contribution in [0.5, 0.6) is 0 Å². The second-order valence-corrected chi connectivity index (χ2v) is 6.12. The zero-order valence-electron chi connectivity index (χ0n) is 12.7. The zero-order valence-corrected chi connectivity index (χ0v) is 13.5. The van der Waals surface area contributed by atoms with Crippen LogP contribution in [-0.4, -0.2) is 38.5 Å². The molecule has 114 valence electrons. The number of thioether (sulfide) groups is 1. The van der Waals surface area contributed by atoms with Crippen molar-refractivity contribution >= 4 is 11.8 Å². The van der Waals surface area contributed by atoms with E-state index in [1.54, 1.807) is 16.4 Å². The number of nitrogens with zero attached hydrogens (tertiary/aromatic N) is 4. The van der Waals surface area contributed by atoms with Gasteiger partial charge in [0, 0.05) is 11.8 Å². The predicted molar refractivity (Wildman–Crippen MR) is 86.9 cm³/mol. The Morgan fingerprint density at radius 1 is 1.29 bits per heavy atom. The van der Waals surface area contributed by atoms with Gasteiger partial charge < -0.3 is 5.32 Å². The molecule has 0 aliphatic rings. The van der Waals surface area contributed by atoms with Crippen molar-refractivity contribution in [2.45, 2.75) is 44.3 Å². The quantitative estimate of drug-likeness (QED) is 0.570. The third-order valence-electron chi connectivity index (χ3n) is 3.20. The van der Waals surface area contributed by atoms with Crippen LogP contribution in [0.15, 0.2) is 35.5 Å². The van der Waals surface area contributed by atoms with E-state index in [1.807, 2.05) is 30.3 Å². The molecule has 0 spiro atoms.